The van der Waals surface area contributed by atoms with Gasteiger partial charge in [-0.05, 0) is 79.8 Å². The Bertz CT molecular complexity index is 1380. The lowest BCUT2D eigenvalue weighted by atomic mass is 9.90. The Balaban J connectivity index is 1.27. The number of nitrogens with zero attached hydrogens (tertiary/aromatic N) is 4. The zero-order valence-corrected chi connectivity index (χ0v) is 21.6. The molecule has 4 aromatic rings. The summed E-state index contributed by atoms with van der Waals surface area (Å²) >= 11 is 0. The molecule has 2 aromatic heterocycles. The van der Waals surface area contributed by atoms with E-state index in [2.05, 4.69) is 32.0 Å². The van der Waals surface area contributed by atoms with Crippen LogP contribution < -0.4 is 20.9 Å². The van der Waals surface area contributed by atoms with Crippen LogP contribution in [0, 0.1) is 11.3 Å². The molecule has 2 amide bonds. The van der Waals surface area contributed by atoms with Gasteiger partial charge in [0.15, 0.2) is 0 Å². The monoisotopic (exact) mass is 517 g/mol. The number of nitriles is 1. The van der Waals surface area contributed by atoms with E-state index in [0.717, 1.165) is 54.1 Å². The molecule has 1 aliphatic rings. The topological polar surface area (TPSA) is 106 Å². The molecule has 3 N–H and O–H groups in total. The number of amides is 2. The van der Waals surface area contributed by atoms with Gasteiger partial charge in [-0.15, -0.1) is 0 Å². The smallest absolute Gasteiger partial charge is 0.322 e. The van der Waals surface area contributed by atoms with Crippen molar-refractivity contribution in [2.75, 3.05) is 15.5 Å². The van der Waals surface area contributed by atoms with Crippen LogP contribution in [0.4, 0.5) is 27.7 Å². The van der Waals surface area contributed by atoms with Gasteiger partial charge in [0.2, 0.25) is 0 Å². The summed E-state index contributed by atoms with van der Waals surface area (Å²) in [6.07, 6.45) is 8.65. The largest absolute Gasteiger partial charge is 0.367 e. The van der Waals surface area contributed by atoms with Gasteiger partial charge in [-0.25, -0.2) is 9.78 Å². The van der Waals surface area contributed by atoms with Crippen LogP contribution in [-0.4, -0.2) is 28.1 Å². The summed E-state index contributed by atoms with van der Waals surface area (Å²) in [7, 11) is 0. The molecular formula is C31H31N7O. The highest BCUT2D eigenvalue weighted by molar-refractivity contribution is 5.93. The summed E-state index contributed by atoms with van der Waals surface area (Å²) in [5.41, 5.74) is 4.31. The normalized spacial score (nSPS) is 16.5. The number of anilines is 4. The molecule has 2 heterocycles. The Morgan fingerprint density at radius 3 is 2.36 bits per heavy atom. The van der Waals surface area contributed by atoms with Gasteiger partial charge in [-0.1, -0.05) is 30.3 Å². The van der Waals surface area contributed by atoms with Gasteiger partial charge in [0.25, 0.3) is 0 Å². The van der Waals surface area contributed by atoms with E-state index < -0.39 is 0 Å². The van der Waals surface area contributed by atoms with Crippen LogP contribution in [0.1, 0.15) is 36.8 Å². The molecule has 1 saturated carbocycles. The summed E-state index contributed by atoms with van der Waals surface area (Å²) in [4.78, 5) is 24.0. The number of hydrogen-bond donors (Lipinski definition) is 3. The minimum Gasteiger partial charge on any atom is -0.367 e. The lowest BCUT2D eigenvalue weighted by molar-refractivity contribution is 0.240. The number of benzene rings is 2. The predicted octanol–water partition coefficient (Wildman–Crippen LogP) is 6.23. The third-order valence-electron chi connectivity index (χ3n) is 6.91. The molecule has 2 aromatic carbocycles. The Labute approximate surface area is 228 Å². The highest BCUT2D eigenvalue weighted by Crippen LogP contribution is 2.30. The van der Waals surface area contributed by atoms with E-state index >= 15 is 0 Å². The Morgan fingerprint density at radius 2 is 1.69 bits per heavy atom. The van der Waals surface area contributed by atoms with Crippen LogP contribution in [0.15, 0.2) is 97.5 Å². The van der Waals surface area contributed by atoms with E-state index in [4.69, 9.17) is 5.26 Å². The lowest BCUT2D eigenvalue weighted by Crippen LogP contribution is -2.48. The van der Waals surface area contributed by atoms with E-state index in [1.165, 1.54) is 0 Å². The van der Waals surface area contributed by atoms with Crippen molar-refractivity contribution in [3.05, 3.63) is 109 Å². The Hall–Kier alpha value is -4.90. The first kappa shape index (κ1) is 25.7. The SMILES string of the molecule is N#Cc1ccc(NC2CCC(N(C(=O)NCc3ccccc3)c3ccc(Nc4cccnc4)cc3)CC2)nc1. The molecule has 0 radical (unpaired) electrons. The summed E-state index contributed by atoms with van der Waals surface area (Å²) < 4.78 is 0. The van der Waals surface area contributed by atoms with Crippen LogP contribution in [0.5, 0.6) is 0 Å². The standard InChI is InChI=1S/C31H31N7O/c32-19-24-8-17-30(34-21-24)37-26-11-15-29(16-12-26)38(31(39)35-20-23-5-2-1-3-6-23)28-13-9-25(10-14-28)36-27-7-4-18-33-22-27/h1-10,13-14,17-18,21-22,26,29,36H,11-12,15-16,20H2,(H,34,37)(H,35,39). The summed E-state index contributed by atoms with van der Waals surface area (Å²) in [5.74, 6) is 0.770. The maximum Gasteiger partial charge on any atom is 0.322 e. The quantitative estimate of drug-likeness (QED) is 0.256. The summed E-state index contributed by atoms with van der Waals surface area (Å²) in [5, 5.41) is 19.0. The molecule has 0 bridgehead atoms. The molecule has 1 aliphatic carbocycles. The predicted molar refractivity (Wildman–Crippen MR) is 154 cm³/mol. The molecular weight excluding hydrogens is 486 g/mol. The third kappa shape index (κ3) is 6.90. The second-order valence-electron chi connectivity index (χ2n) is 9.62. The molecule has 0 aliphatic heterocycles. The molecule has 8 heteroatoms. The molecule has 0 unspecified atom stereocenters. The summed E-state index contributed by atoms with van der Waals surface area (Å²) in [6.45, 7) is 0.470. The number of carbonyl (C=O) groups excluding carboxylic acids is 1. The van der Waals surface area contributed by atoms with E-state index in [9.17, 15) is 4.79 Å². The van der Waals surface area contributed by atoms with Crippen LogP contribution in [0.3, 0.4) is 0 Å². The van der Waals surface area contributed by atoms with Crippen molar-refractivity contribution in [3.8, 4) is 6.07 Å². The maximum absolute atomic E-state index is 13.6. The number of aromatic nitrogens is 2. The van der Waals surface area contributed by atoms with E-state index in [1.807, 2.05) is 77.7 Å². The molecule has 0 spiro atoms. The molecule has 0 saturated heterocycles. The first-order valence-corrected chi connectivity index (χ1v) is 13.2. The zero-order valence-electron chi connectivity index (χ0n) is 21.6. The highest BCUT2D eigenvalue weighted by Gasteiger charge is 2.30. The molecule has 8 nitrogen and oxygen atoms in total. The highest BCUT2D eigenvalue weighted by atomic mass is 16.2. The van der Waals surface area contributed by atoms with Crippen molar-refractivity contribution in [2.24, 2.45) is 0 Å². The van der Waals surface area contributed by atoms with Gasteiger partial charge in [-0.3, -0.25) is 9.88 Å². The Kier molecular flexibility index (Phi) is 8.29. The number of pyridine rings is 2. The van der Waals surface area contributed by atoms with Crippen LogP contribution >= 0.6 is 0 Å². The van der Waals surface area contributed by atoms with Crippen LogP contribution in [0.25, 0.3) is 0 Å². The van der Waals surface area contributed by atoms with E-state index in [-0.39, 0.29) is 18.1 Å². The second-order valence-corrected chi connectivity index (χ2v) is 9.62. The van der Waals surface area contributed by atoms with Gasteiger partial charge >= 0.3 is 6.03 Å². The maximum atomic E-state index is 13.6. The van der Waals surface area contributed by atoms with Crippen molar-refractivity contribution in [1.82, 2.24) is 15.3 Å². The van der Waals surface area contributed by atoms with Gasteiger partial charge in [0.05, 0.1) is 17.4 Å². The second kappa shape index (κ2) is 12.6. The Morgan fingerprint density at radius 1 is 0.897 bits per heavy atom. The number of urea groups is 1. The first-order valence-electron chi connectivity index (χ1n) is 13.2. The average molecular weight is 518 g/mol. The molecule has 1 fully saturated rings. The molecule has 5 rings (SSSR count). The lowest BCUT2D eigenvalue weighted by Gasteiger charge is -2.37. The minimum atomic E-state index is -0.100. The van der Waals surface area contributed by atoms with Crippen molar-refractivity contribution in [2.45, 2.75) is 44.3 Å². The number of nitrogens with one attached hydrogen (secondary N) is 3. The number of hydrogen-bond acceptors (Lipinski definition) is 6. The van der Waals surface area contributed by atoms with Crippen molar-refractivity contribution in [1.29, 1.82) is 5.26 Å². The van der Waals surface area contributed by atoms with Crippen molar-refractivity contribution < 1.29 is 4.79 Å². The average Bonchev–Trinajstić information content (AvgIpc) is 2.99. The fraction of sp³-hybridized carbons (Fsp3) is 0.226. The van der Waals surface area contributed by atoms with Gasteiger partial charge < -0.3 is 16.0 Å². The van der Waals surface area contributed by atoms with Crippen LogP contribution in [-0.2, 0) is 6.54 Å². The fourth-order valence-electron chi connectivity index (χ4n) is 4.89. The van der Waals surface area contributed by atoms with Gasteiger partial charge in [0, 0.05) is 42.4 Å². The molecule has 196 valence electrons. The third-order valence-corrected chi connectivity index (χ3v) is 6.91. The van der Waals surface area contributed by atoms with E-state index in [0.29, 0.717) is 12.1 Å². The molecule has 0 atom stereocenters. The first-order chi connectivity index (χ1) is 19.2. The van der Waals surface area contributed by atoms with Gasteiger partial charge in [0.1, 0.15) is 11.9 Å². The molecule has 39 heavy (non-hydrogen) atoms. The van der Waals surface area contributed by atoms with Crippen LogP contribution in [0.2, 0.25) is 0 Å². The minimum absolute atomic E-state index is 0.0740. The number of rotatable bonds is 8. The van der Waals surface area contributed by atoms with Gasteiger partial charge in [-0.2, -0.15) is 5.26 Å². The van der Waals surface area contributed by atoms with Crippen molar-refractivity contribution >= 4 is 28.9 Å². The fourth-order valence-corrected chi connectivity index (χ4v) is 4.89. The number of carbonyl (C=O) groups is 1. The summed E-state index contributed by atoms with van der Waals surface area (Å²) in [6, 6.07) is 27.7. The van der Waals surface area contributed by atoms with Crippen molar-refractivity contribution in [3.63, 3.8) is 0 Å². The van der Waals surface area contributed by atoms with E-state index in [1.54, 1.807) is 24.7 Å². The zero-order chi connectivity index (χ0) is 26.9.